The third-order valence-corrected chi connectivity index (χ3v) is 9.35. The molecule has 0 fully saturated rings. The van der Waals surface area contributed by atoms with Crippen LogP contribution >= 0.6 is 0 Å². The summed E-state index contributed by atoms with van der Waals surface area (Å²) in [5.74, 6) is 0.488. The number of nitrogens with zero attached hydrogens (tertiary/aromatic N) is 4. The van der Waals surface area contributed by atoms with E-state index in [9.17, 15) is 0 Å². The minimum absolute atomic E-state index is 0.488. The van der Waals surface area contributed by atoms with E-state index in [1.807, 2.05) is 12.1 Å². The summed E-state index contributed by atoms with van der Waals surface area (Å²) in [6, 6.07) is 23.3. The molecule has 0 saturated carbocycles. The van der Waals surface area contributed by atoms with Crippen LogP contribution in [0, 0.1) is 27.7 Å². The maximum atomic E-state index is 6.15. The molecule has 6 heteroatoms. The van der Waals surface area contributed by atoms with Crippen molar-refractivity contribution in [2.75, 3.05) is 0 Å². The number of pyridine rings is 4. The molecule has 0 aliphatic carbocycles. The van der Waals surface area contributed by atoms with Gasteiger partial charge >= 0.3 is 0 Å². The maximum absolute atomic E-state index is 6.15. The third-order valence-electron chi connectivity index (χ3n) is 9.35. The van der Waals surface area contributed by atoms with E-state index in [-0.39, 0.29) is 0 Å². The van der Waals surface area contributed by atoms with Crippen LogP contribution in [0.2, 0.25) is 0 Å². The lowest BCUT2D eigenvalue weighted by atomic mass is 9.97. The van der Waals surface area contributed by atoms with E-state index in [0.29, 0.717) is 17.3 Å². The number of hydrogen-bond acceptors (Lipinski definition) is 4. The SMILES string of the molecule is Cc1cc(-c2c(C)ccc3c2oc2ncccc23)[n+](C)cc1C.Cc1ccc2c(oc3ncccc32)c1-c1cc(C(C)C)cc[n+]1C. The van der Waals surface area contributed by atoms with E-state index in [1.165, 1.54) is 33.5 Å². The second-order valence-corrected chi connectivity index (χ2v) is 12.9. The summed E-state index contributed by atoms with van der Waals surface area (Å²) in [6.07, 6.45) is 7.84. The lowest BCUT2D eigenvalue weighted by Crippen LogP contribution is -2.31. The molecule has 6 aromatic heterocycles. The highest BCUT2D eigenvalue weighted by Gasteiger charge is 2.23. The Labute approximate surface area is 275 Å². The molecule has 8 aromatic rings. The number of hydrogen-bond donors (Lipinski definition) is 0. The number of aromatic nitrogens is 4. The van der Waals surface area contributed by atoms with Crippen molar-refractivity contribution in [3.8, 4) is 22.5 Å². The van der Waals surface area contributed by atoms with E-state index in [1.54, 1.807) is 12.4 Å². The summed E-state index contributed by atoms with van der Waals surface area (Å²) in [7, 11) is 4.17. The van der Waals surface area contributed by atoms with E-state index in [4.69, 9.17) is 8.83 Å². The van der Waals surface area contributed by atoms with Gasteiger partial charge in [-0.1, -0.05) is 38.1 Å². The van der Waals surface area contributed by atoms with Gasteiger partial charge in [-0.2, -0.15) is 0 Å². The topological polar surface area (TPSA) is 59.8 Å². The van der Waals surface area contributed by atoms with Crippen molar-refractivity contribution in [3.05, 3.63) is 119 Å². The highest BCUT2D eigenvalue weighted by atomic mass is 16.3. The van der Waals surface area contributed by atoms with Crippen LogP contribution in [-0.2, 0) is 14.1 Å². The fraction of sp³-hybridized carbons (Fsp3) is 0.220. The van der Waals surface area contributed by atoms with Gasteiger partial charge in [-0.3, -0.25) is 0 Å². The molecule has 0 spiro atoms. The Morgan fingerprint density at radius 3 is 1.64 bits per heavy atom. The molecule has 6 heterocycles. The Hall–Kier alpha value is -5.36. The summed E-state index contributed by atoms with van der Waals surface area (Å²) in [5.41, 5.74) is 14.2. The van der Waals surface area contributed by atoms with E-state index >= 15 is 0 Å². The summed E-state index contributed by atoms with van der Waals surface area (Å²) in [6.45, 7) is 13.0. The number of aryl methyl sites for hydroxylation is 6. The molecule has 0 aliphatic rings. The first-order valence-corrected chi connectivity index (χ1v) is 16.1. The van der Waals surface area contributed by atoms with Gasteiger partial charge in [0.1, 0.15) is 14.1 Å². The molecule has 6 nitrogen and oxygen atoms in total. The first-order chi connectivity index (χ1) is 22.6. The van der Waals surface area contributed by atoms with Gasteiger partial charge in [-0.05, 0) is 80.1 Å². The Bertz CT molecular complexity index is 2470. The van der Waals surface area contributed by atoms with Crippen LogP contribution in [-0.4, -0.2) is 9.97 Å². The molecule has 47 heavy (non-hydrogen) atoms. The van der Waals surface area contributed by atoms with E-state index in [0.717, 1.165) is 49.5 Å². The van der Waals surface area contributed by atoms with Crippen molar-refractivity contribution in [1.82, 2.24) is 9.97 Å². The lowest BCUT2D eigenvalue weighted by Gasteiger charge is -2.09. The summed E-state index contributed by atoms with van der Waals surface area (Å²) < 4.78 is 16.6. The van der Waals surface area contributed by atoms with Crippen molar-refractivity contribution >= 4 is 44.1 Å². The zero-order valence-electron chi connectivity index (χ0n) is 28.3. The minimum Gasteiger partial charge on any atom is -0.437 e. The van der Waals surface area contributed by atoms with Crippen molar-refractivity contribution in [2.45, 2.75) is 47.5 Å². The summed E-state index contributed by atoms with van der Waals surface area (Å²) in [5, 5.41) is 4.37. The van der Waals surface area contributed by atoms with Crippen molar-refractivity contribution < 1.29 is 18.0 Å². The molecule has 0 N–H and O–H groups in total. The van der Waals surface area contributed by atoms with Crippen LogP contribution in [0.5, 0.6) is 0 Å². The van der Waals surface area contributed by atoms with Gasteiger partial charge in [-0.15, -0.1) is 0 Å². The van der Waals surface area contributed by atoms with Crippen molar-refractivity contribution in [3.63, 3.8) is 0 Å². The van der Waals surface area contributed by atoms with Gasteiger partial charge in [0.2, 0.25) is 22.8 Å². The zero-order chi connectivity index (χ0) is 33.0. The van der Waals surface area contributed by atoms with Crippen LogP contribution in [0.1, 0.15) is 47.6 Å². The number of fused-ring (bicyclic) bond motifs is 6. The molecule has 0 aliphatic heterocycles. The number of benzene rings is 2. The maximum Gasteiger partial charge on any atom is 0.227 e. The van der Waals surface area contributed by atoms with Gasteiger partial charge in [0.25, 0.3) is 0 Å². The van der Waals surface area contributed by atoms with E-state index in [2.05, 4.69) is 142 Å². The van der Waals surface area contributed by atoms with Crippen molar-refractivity contribution in [1.29, 1.82) is 0 Å². The average molecular weight is 621 g/mol. The molecule has 2 aromatic carbocycles. The van der Waals surface area contributed by atoms with Crippen LogP contribution < -0.4 is 9.13 Å². The van der Waals surface area contributed by atoms with Crippen molar-refractivity contribution in [2.24, 2.45) is 14.1 Å². The predicted octanol–water partition coefficient (Wildman–Crippen LogP) is 9.30. The lowest BCUT2D eigenvalue weighted by molar-refractivity contribution is -0.660. The van der Waals surface area contributed by atoms with Gasteiger partial charge in [-0.25, -0.2) is 19.1 Å². The smallest absolute Gasteiger partial charge is 0.227 e. The van der Waals surface area contributed by atoms with Crippen LogP contribution in [0.4, 0.5) is 0 Å². The third kappa shape index (κ3) is 5.24. The first-order valence-electron chi connectivity index (χ1n) is 16.1. The molecule has 0 radical (unpaired) electrons. The highest BCUT2D eigenvalue weighted by molar-refractivity contribution is 6.09. The second kappa shape index (κ2) is 11.8. The fourth-order valence-electron chi connectivity index (χ4n) is 6.51. The molecule has 8 rings (SSSR count). The molecule has 0 saturated heterocycles. The highest BCUT2D eigenvalue weighted by Crippen LogP contribution is 2.38. The van der Waals surface area contributed by atoms with Crippen LogP contribution in [0.3, 0.4) is 0 Å². The van der Waals surface area contributed by atoms with Gasteiger partial charge < -0.3 is 8.83 Å². The molecular weight excluding hydrogens is 580 g/mol. The quantitative estimate of drug-likeness (QED) is 0.185. The van der Waals surface area contributed by atoms with Gasteiger partial charge in [0.15, 0.2) is 23.6 Å². The summed E-state index contributed by atoms with van der Waals surface area (Å²) in [4.78, 5) is 8.74. The first kappa shape index (κ1) is 30.3. The average Bonchev–Trinajstić information content (AvgIpc) is 3.62. The molecule has 234 valence electrons. The largest absolute Gasteiger partial charge is 0.437 e. The number of furan rings is 2. The van der Waals surface area contributed by atoms with Crippen LogP contribution in [0.25, 0.3) is 66.7 Å². The Balaban J connectivity index is 0.000000150. The predicted molar refractivity (Wildman–Crippen MR) is 189 cm³/mol. The van der Waals surface area contributed by atoms with Gasteiger partial charge in [0.05, 0.1) is 11.1 Å². The zero-order valence-corrected chi connectivity index (χ0v) is 28.3. The molecule has 0 unspecified atom stereocenters. The Morgan fingerprint density at radius 2 is 1.11 bits per heavy atom. The number of rotatable bonds is 3. The molecule has 0 amide bonds. The molecular formula is C41H40N4O2+2. The standard InChI is InChI=1S/C21H21N2O.C20H19N2O/c1-13(2)15-9-11-23(4)18(12-15)19-14(3)7-8-16-17-6-5-10-22-21(17)24-20(16)19;1-12-7-8-15-16-6-5-9-21-20(16)23-19(15)18(12)17-10-13(2)14(3)11-22(17)4/h5-13H,1-4H3;5-11H,1-4H3/q2*+1. The van der Waals surface area contributed by atoms with E-state index < -0.39 is 0 Å². The summed E-state index contributed by atoms with van der Waals surface area (Å²) >= 11 is 0. The Morgan fingerprint density at radius 1 is 0.574 bits per heavy atom. The Kier molecular flexibility index (Phi) is 7.59. The van der Waals surface area contributed by atoms with Crippen LogP contribution in [0.15, 0.2) is 100 Å². The molecule has 0 atom stereocenters. The normalized spacial score (nSPS) is 11.6. The monoisotopic (exact) mass is 620 g/mol. The minimum atomic E-state index is 0.488. The fourth-order valence-corrected chi connectivity index (χ4v) is 6.51. The second-order valence-electron chi connectivity index (χ2n) is 12.9. The van der Waals surface area contributed by atoms with Gasteiger partial charge in [0, 0.05) is 57.7 Å². The molecule has 0 bridgehead atoms.